The number of carbonyl (C=O) groups excluding carboxylic acids is 3. The molecule has 1 aromatic heterocycles. The number of hydrogen-bond acceptors (Lipinski definition) is 4. The van der Waals surface area contributed by atoms with Crippen LogP contribution in [0.4, 0.5) is 0 Å². The van der Waals surface area contributed by atoms with E-state index in [4.69, 9.17) is 4.42 Å². The summed E-state index contributed by atoms with van der Waals surface area (Å²) in [7, 11) is 0. The molecule has 2 aliphatic rings. The van der Waals surface area contributed by atoms with Crippen molar-refractivity contribution < 1.29 is 18.8 Å². The van der Waals surface area contributed by atoms with Crippen LogP contribution in [-0.2, 0) is 9.59 Å². The Morgan fingerprint density at radius 2 is 1.79 bits per heavy atom. The SMILES string of the molecule is CC(=O)NC1C(C)=CC(C)C2c3occ(-c4ccc(C)c(C)c4)c3C(=O)C(=O)C12. The third kappa shape index (κ3) is 2.96. The van der Waals surface area contributed by atoms with Gasteiger partial charge in [-0.3, -0.25) is 14.4 Å². The van der Waals surface area contributed by atoms with E-state index in [1.165, 1.54) is 6.92 Å². The van der Waals surface area contributed by atoms with Gasteiger partial charge in [0.15, 0.2) is 0 Å². The molecule has 4 unspecified atom stereocenters. The molecule has 0 saturated carbocycles. The average Bonchev–Trinajstić information content (AvgIpc) is 3.08. The second kappa shape index (κ2) is 6.83. The van der Waals surface area contributed by atoms with Crippen LogP contribution in [0.2, 0.25) is 0 Å². The number of aryl methyl sites for hydroxylation is 2. The van der Waals surface area contributed by atoms with Gasteiger partial charge in [0, 0.05) is 18.4 Å². The van der Waals surface area contributed by atoms with Gasteiger partial charge in [-0.1, -0.05) is 36.8 Å². The molecule has 1 aromatic carbocycles. The lowest BCUT2D eigenvalue weighted by molar-refractivity contribution is -0.123. The molecule has 1 heterocycles. The summed E-state index contributed by atoms with van der Waals surface area (Å²) in [5, 5.41) is 2.86. The van der Waals surface area contributed by atoms with Gasteiger partial charge in [0.25, 0.3) is 0 Å². The monoisotopic (exact) mass is 391 g/mol. The predicted molar refractivity (Wildman–Crippen MR) is 110 cm³/mol. The fraction of sp³-hybridized carbons (Fsp3) is 0.375. The number of carbonyl (C=O) groups is 3. The Hall–Kier alpha value is -2.95. The lowest BCUT2D eigenvalue weighted by Crippen LogP contribution is -2.52. The Morgan fingerprint density at radius 1 is 1.07 bits per heavy atom. The molecule has 1 N–H and O–H groups in total. The van der Waals surface area contributed by atoms with Crippen molar-refractivity contribution >= 4 is 17.5 Å². The normalized spacial score (nSPS) is 25.9. The average molecular weight is 391 g/mol. The molecule has 1 amide bonds. The minimum Gasteiger partial charge on any atom is -0.468 e. The van der Waals surface area contributed by atoms with E-state index in [2.05, 4.69) is 11.4 Å². The summed E-state index contributed by atoms with van der Waals surface area (Å²) in [5.41, 5.74) is 5.08. The van der Waals surface area contributed by atoms with Crippen molar-refractivity contribution in [1.29, 1.82) is 0 Å². The first kappa shape index (κ1) is 19.4. The summed E-state index contributed by atoms with van der Waals surface area (Å²) < 4.78 is 5.94. The van der Waals surface area contributed by atoms with Crippen molar-refractivity contribution in [2.75, 3.05) is 0 Å². The summed E-state index contributed by atoms with van der Waals surface area (Å²) in [6.45, 7) is 9.39. The van der Waals surface area contributed by atoms with Crippen molar-refractivity contribution in [1.82, 2.24) is 5.32 Å². The summed E-state index contributed by atoms with van der Waals surface area (Å²) in [4.78, 5) is 38.2. The van der Waals surface area contributed by atoms with Gasteiger partial charge >= 0.3 is 0 Å². The maximum absolute atomic E-state index is 13.2. The molecule has 4 atom stereocenters. The van der Waals surface area contributed by atoms with Crippen LogP contribution in [0.5, 0.6) is 0 Å². The smallest absolute Gasteiger partial charge is 0.233 e. The second-order valence-electron chi connectivity index (χ2n) is 8.38. The number of nitrogens with one attached hydrogen (secondary N) is 1. The van der Waals surface area contributed by atoms with Crippen molar-refractivity contribution in [3.63, 3.8) is 0 Å². The van der Waals surface area contributed by atoms with Crippen LogP contribution in [0.3, 0.4) is 0 Å². The molecule has 29 heavy (non-hydrogen) atoms. The van der Waals surface area contributed by atoms with Crippen molar-refractivity contribution in [2.45, 2.75) is 46.6 Å². The number of amides is 1. The first-order valence-corrected chi connectivity index (χ1v) is 9.93. The van der Waals surface area contributed by atoms with E-state index < -0.39 is 23.5 Å². The molecule has 0 aliphatic heterocycles. The summed E-state index contributed by atoms with van der Waals surface area (Å²) in [6.07, 6.45) is 3.65. The van der Waals surface area contributed by atoms with Crippen molar-refractivity contribution in [2.24, 2.45) is 11.8 Å². The highest BCUT2D eigenvalue weighted by atomic mass is 16.3. The number of Topliss-reactive ketones (excluding diaryl/α,β-unsaturated/α-hetero) is 2. The van der Waals surface area contributed by atoms with Gasteiger partial charge in [0.1, 0.15) is 5.76 Å². The fourth-order valence-corrected chi connectivity index (χ4v) is 4.83. The van der Waals surface area contributed by atoms with E-state index >= 15 is 0 Å². The van der Waals surface area contributed by atoms with Crippen molar-refractivity contribution in [3.05, 3.63) is 58.6 Å². The number of rotatable bonds is 2. The molecule has 2 aliphatic carbocycles. The molecule has 150 valence electrons. The molecule has 0 bridgehead atoms. The second-order valence-corrected chi connectivity index (χ2v) is 8.38. The molecule has 2 aromatic rings. The zero-order valence-electron chi connectivity index (χ0n) is 17.3. The predicted octanol–water partition coefficient (Wildman–Crippen LogP) is 4.13. The van der Waals surface area contributed by atoms with E-state index in [9.17, 15) is 14.4 Å². The molecular weight excluding hydrogens is 366 g/mol. The Bertz CT molecular complexity index is 1070. The summed E-state index contributed by atoms with van der Waals surface area (Å²) in [5.74, 6) is -1.56. The molecule has 5 nitrogen and oxygen atoms in total. The lowest BCUT2D eigenvalue weighted by Gasteiger charge is -2.41. The zero-order valence-corrected chi connectivity index (χ0v) is 17.3. The molecular formula is C24H25NO4. The van der Waals surface area contributed by atoms with E-state index in [1.54, 1.807) is 6.26 Å². The number of benzene rings is 1. The Morgan fingerprint density at radius 3 is 2.45 bits per heavy atom. The third-order valence-corrected chi connectivity index (χ3v) is 6.38. The van der Waals surface area contributed by atoms with E-state index in [-0.39, 0.29) is 17.7 Å². The highest BCUT2D eigenvalue weighted by Gasteiger charge is 2.52. The number of furan rings is 1. The highest BCUT2D eigenvalue weighted by molar-refractivity contribution is 6.47. The maximum Gasteiger partial charge on any atom is 0.233 e. The van der Waals surface area contributed by atoms with Crippen LogP contribution < -0.4 is 5.32 Å². The van der Waals surface area contributed by atoms with Crippen LogP contribution in [-0.4, -0.2) is 23.5 Å². The minimum atomic E-state index is -0.641. The minimum absolute atomic E-state index is 0.0135. The number of fused-ring (bicyclic) bond motifs is 3. The molecule has 0 fully saturated rings. The number of ketones is 2. The van der Waals surface area contributed by atoms with E-state index in [1.807, 2.05) is 45.9 Å². The molecule has 4 rings (SSSR count). The van der Waals surface area contributed by atoms with Gasteiger partial charge in [-0.05, 0) is 43.4 Å². The van der Waals surface area contributed by atoms with Crippen molar-refractivity contribution in [3.8, 4) is 11.1 Å². The molecule has 5 heteroatoms. The van der Waals surface area contributed by atoms with Crippen LogP contribution in [0.1, 0.15) is 53.9 Å². The van der Waals surface area contributed by atoms with Gasteiger partial charge in [-0.15, -0.1) is 0 Å². The standard InChI is InChI=1S/C24H25NO4/c1-11-6-7-16(9-12(11)2)17-10-29-24-18-13(3)8-14(4)21(25-15(5)26)20(18)23(28)22(27)19(17)24/h6-10,13,18,20-21H,1-5H3,(H,25,26). The number of hydrogen-bond donors (Lipinski definition) is 1. The fourth-order valence-electron chi connectivity index (χ4n) is 4.83. The Kier molecular flexibility index (Phi) is 4.56. The van der Waals surface area contributed by atoms with E-state index in [0.717, 1.165) is 22.3 Å². The van der Waals surface area contributed by atoms with Crippen LogP contribution in [0.15, 0.2) is 40.5 Å². The van der Waals surface area contributed by atoms with Crippen LogP contribution in [0, 0.1) is 25.7 Å². The highest BCUT2D eigenvalue weighted by Crippen LogP contribution is 2.49. The van der Waals surface area contributed by atoms with Gasteiger partial charge in [0.05, 0.1) is 23.8 Å². The third-order valence-electron chi connectivity index (χ3n) is 6.38. The molecule has 0 radical (unpaired) electrons. The maximum atomic E-state index is 13.2. The van der Waals surface area contributed by atoms with Crippen LogP contribution in [0.25, 0.3) is 11.1 Å². The van der Waals surface area contributed by atoms with Crippen LogP contribution >= 0.6 is 0 Å². The van der Waals surface area contributed by atoms with Gasteiger partial charge in [-0.2, -0.15) is 0 Å². The number of allylic oxidation sites excluding steroid dienone is 1. The van der Waals surface area contributed by atoms with E-state index in [0.29, 0.717) is 16.9 Å². The molecule has 0 saturated heterocycles. The topological polar surface area (TPSA) is 76.4 Å². The van der Waals surface area contributed by atoms with Gasteiger partial charge in [-0.25, -0.2) is 0 Å². The molecule has 0 spiro atoms. The zero-order chi connectivity index (χ0) is 21.0. The summed E-state index contributed by atoms with van der Waals surface area (Å²) in [6, 6.07) is 5.47. The Labute approximate surface area is 170 Å². The Balaban J connectivity index is 1.87. The summed E-state index contributed by atoms with van der Waals surface area (Å²) >= 11 is 0. The van der Waals surface area contributed by atoms with Gasteiger partial charge in [0.2, 0.25) is 17.5 Å². The van der Waals surface area contributed by atoms with Gasteiger partial charge < -0.3 is 9.73 Å². The quantitative estimate of drug-likeness (QED) is 0.617. The lowest BCUT2D eigenvalue weighted by atomic mass is 9.63. The first-order valence-electron chi connectivity index (χ1n) is 9.93. The first-order chi connectivity index (χ1) is 13.7. The largest absolute Gasteiger partial charge is 0.468 e.